The Morgan fingerprint density at radius 3 is 2.67 bits per heavy atom. The predicted molar refractivity (Wildman–Crippen MR) is 37.1 cm³/mol. The van der Waals surface area contributed by atoms with Crippen LogP contribution in [0.25, 0.3) is 0 Å². The van der Waals surface area contributed by atoms with Gasteiger partial charge >= 0.3 is 0 Å². The second-order valence-electron chi connectivity index (χ2n) is 1.30. The van der Waals surface area contributed by atoms with Crippen molar-refractivity contribution in [1.82, 2.24) is 0 Å². The molecule has 0 atom stereocenters. The Kier molecular flexibility index (Phi) is 4.22. The van der Waals surface area contributed by atoms with Gasteiger partial charge in [-0.3, -0.25) is 10.2 Å². The third-order valence-electron chi connectivity index (χ3n) is 0.672. The Labute approximate surface area is 53.6 Å². The van der Waals surface area contributed by atoms with Gasteiger partial charge in [0.25, 0.3) is 0 Å². The zero-order valence-electron chi connectivity index (χ0n) is 5.16. The molecule has 0 radical (unpaired) electrons. The summed E-state index contributed by atoms with van der Waals surface area (Å²) in [7, 11) is 0. The second-order valence-corrected chi connectivity index (χ2v) is 1.30. The van der Waals surface area contributed by atoms with Crippen LogP contribution in [0.5, 0.6) is 0 Å². The van der Waals surface area contributed by atoms with E-state index in [-0.39, 0.29) is 5.71 Å². The van der Waals surface area contributed by atoms with Gasteiger partial charge in [-0.2, -0.15) is 0 Å². The SMILES string of the molecule is C/C=C\C(C=O)=NC=N. The van der Waals surface area contributed by atoms with E-state index in [0.717, 1.165) is 6.34 Å². The molecule has 3 heteroatoms. The van der Waals surface area contributed by atoms with Crippen LogP contribution in [0, 0.1) is 5.41 Å². The Bertz CT molecular complexity index is 158. The molecule has 48 valence electrons. The Hall–Kier alpha value is -1.25. The molecule has 0 aliphatic carbocycles. The first kappa shape index (κ1) is 7.75. The largest absolute Gasteiger partial charge is 0.296 e. The number of nitrogens with zero attached hydrogens (tertiary/aromatic N) is 1. The molecule has 0 aromatic carbocycles. The number of nitrogens with one attached hydrogen (secondary N) is 1. The van der Waals surface area contributed by atoms with E-state index in [9.17, 15) is 4.79 Å². The summed E-state index contributed by atoms with van der Waals surface area (Å²) >= 11 is 0. The van der Waals surface area contributed by atoms with E-state index >= 15 is 0 Å². The lowest BCUT2D eigenvalue weighted by Crippen LogP contribution is -1.93. The van der Waals surface area contributed by atoms with Crippen molar-refractivity contribution in [2.45, 2.75) is 6.92 Å². The molecule has 0 aliphatic rings. The Morgan fingerprint density at radius 2 is 2.33 bits per heavy atom. The fourth-order valence-corrected chi connectivity index (χ4v) is 0.358. The van der Waals surface area contributed by atoms with E-state index in [4.69, 9.17) is 5.41 Å². The van der Waals surface area contributed by atoms with E-state index in [1.54, 1.807) is 13.0 Å². The van der Waals surface area contributed by atoms with Gasteiger partial charge in [0.05, 0.1) is 0 Å². The molecule has 0 unspecified atom stereocenters. The normalized spacial score (nSPS) is 11.9. The lowest BCUT2D eigenvalue weighted by molar-refractivity contribution is -0.102. The van der Waals surface area contributed by atoms with Gasteiger partial charge in [-0.15, -0.1) is 0 Å². The van der Waals surface area contributed by atoms with E-state index in [0.29, 0.717) is 6.29 Å². The van der Waals surface area contributed by atoms with E-state index in [1.165, 1.54) is 6.08 Å². The van der Waals surface area contributed by atoms with Crippen LogP contribution in [0.4, 0.5) is 0 Å². The highest BCUT2D eigenvalue weighted by Gasteiger charge is 1.83. The molecule has 0 aromatic heterocycles. The van der Waals surface area contributed by atoms with Crippen molar-refractivity contribution in [3.05, 3.63) is 12.2 Å². The van der Waals surface area contributed by atoms with Crippen molar-refractivity contribution >= 4 is 18.3 Å². The van der Waals surface area contributed by atoms with Gasteiger partial charge in [-0.05, 0) is 13.0 Å². The standard InChI is InChI=1S/C6H8N2O/c1-2-3-6(4-9)8-5-7/h2-5,7H,1H3/b3-2-,7-5?,8-6?. The van der Waals surface area contributed by atoms with Gasteiger partial charge in [0.2, 0.25) is 0 Å². The second kappa shape index (κ2) is 4.90. The number of carbonyl (C=O) groups is 1. The Balaban J connectivity index is 4.13. The summed E-state index contributed by atoms with van der Waals surface area (Å²) in [5.74, 6) is 0. The highest BCUT2D eigenvalue weighted by Crippen LogP contribution is 1.75. The number of hydrogen-bond acceptors (Lipinski definition) is 2. The minimum Gasteiger partial charge on any atom is -0.296 e. The first-order valence-corrected chi connectivity index (χ1v) is 2.49. The quantitative estimate of drug-likeness (QED) is 0.338. The lowest BCUT2D eigenvalue weighted by Gasteiger charge is -1.80. The van der Waals surface area contributed by atoms with Crippen molar-refractivity contribution < 1.29 is 4.79 Å². The summed E-state index contributed by atoms with van der Waals surface area (Å²) in [6.45, 7) is 1.78. The maximum absolute atomic E-state index is 10.00. The molecule has 0 saturated carbocycles. The minimum atomic E-state index is 0.271. The summed E-state index contributed by atoms with van der Waals surface area (Å²) in [6, 6.07) is 0. The zero-order chi connectivity index (χ0) is 7.11. The summed E-state index contributed by atoms with van der Waals surface area (Å²) in [5.41, 5.74) is 0.271. The molecule has 0 spiro atoms. The molecule has 9 heavy (non-hydrogen) atoms. The number of aliphatic imine (C=N–C) groups is 1. The number of allylic oxidation sites excluding steroid dienone is 2. The first-order valence-electron chi connectivity index (χ1n) is 2.49. The highest BCUT2D eigenvalue weighted by atomic mass is 16.1. The molecule has 0 aromatic rings. The molecule has 1 N–H and O–H groups in total. The summed E-state index contributed by atoms with van der Waals surface area (Å²) < 4.78 is 0. The van der Waals surface area contributed by atoms with Crippen LogP contribution in [0.1, 0.15) is 6.92 Å². The minimum absolute atomic E-state index is 0.271. The van der Waals surface area contributed by atoms with Crippen molar-refractivity contribution in [1.29, 1.82) is 5.41 Å². The van der Waals surface area contributed by atoms with Gasteiger partial charge in [-0.25, -0.2) is 4.99 Å². The summed E-state index contributed by atoms with van der Waals surface area (Å²) in [6.07, 6.45) is 4.67. The molecule has 0 heterocycles. The third-order valence-corrected chi connectivity index (χ3v) is 0.672. The van der Waals surface area contributed by atoms with Crippen molar-refractivity contribution in [2.24, 2.45) is 4.99 Å². The van der Waals surface area contributed by atoms with E-state index < -0.39 is 0 Å². The van der Waals surface area contributed by atoms with Gasteiger partial charge in [-0.1, -0.05) is 6.08 Å². The van der Waals surface area contributed by atoms with Gasteiger partial charge in [0, 0.05) is 0 Å². The van der Waals surface area contributed by atoms with Crippen LogP contribution in [-0.2, 0) is 4.79 Å². The number of carbonyl (C=O) groups excluding carboxylic acids is 1. The number of hydrogen-bond donors (Lipinski definition) is 1. The van der Waals surface area contributed by atoms with Crippen LogP contribution in [0.15, 0.2) is 17.1 Å². The van der Waals surface area contributed by atoms with Gasteiger partial charge < -0.3 is 0 Å². The van der Waals surface area contributed by atoms with Crippen LogP contribution in [-0.4, -0.2) is 18.3 Å². The van der Waals surface area contributed by atoms with Gasteiger partial charge in [0.15, 0.2) is 6.29 Å². The predicted octanol–water partition coefficient (Wildman–Crippen LogP) is 0.809. The van der Waals surface area contributed by atoms with Crippen molar-refractivity contribution in [2.75, 3.05) is 0 Å². The molecule has 3 nitrogen and oxygen atoms in total. The molecule has 0 amide bonds. The topological polar surface area (TPSA) is 53.3 Å². The zero-order valence-corrected chi connectivity index (χ0v) is 5.16. The summed E-state index contributed by atoms with van der Waals surface area (Å²) in [4.78, 5) is 13.4. The summed E-state index contributed by atoms with van der Waals surface area (Å²) in [5, 5.41) is 6.51. The lowest BCUT2D eigenvalue weighted by atomic mass is 10.4. The smallest absolute Gasteiger partial charge is 0.168 e. The highest BCUT2D eigenvalue weighted by molar-refractivity contribution is 6.34. The monoisotopic (exact) mass is 124 g/mol. The molecule has 0 rings (SSSR count). The van der Waals surface area contributed by atoms with Gasteiger partial charge in [0.1, 0.15) is 12.1 Å². The van der Waals surface area contributed by atoms with Crippen LogP contribution in [0.2, 0.25) is 0 Å². The van der Waals surface area contributed by atoms with Crippen molar-refractivity contribution in [3.8, 4) is 0 Å². The maximum atomic E-state index is 10.00. The fourth-order valence-electron chi connectivity index (χ4n) is 0.358. The maximum Gasteiger partial charge on any atom is 0.168 e. The number of aldehydes is 1. The molecule has 0 bridgehead atoms. The van der Waals surface area contributed by atoms with E-state index in [2.05, 4.69) is 4.99 Å². The average molecular weight is 124 g/mol. The molecule has 0 fully saturated rings. The van der Waals surface area contributed by atoms with Crippen LogP contribution < -0.4 is 0 Å². The van der Waals surface area contributed by atoms with E-state index in [1.807, 2.05) is 0 Å². The fraction of sp³-hybridized carbons (Fsp3) is 0.167. The molecule has 0 saturated heterocycles. The third kappa shape index (κ3) is 3.34. The molecular weight excluding hydrogens is 116 g/mol. The first-order chi connectivity index (χ1) is 4.35. The molecule has 0 aliphatic heterocycles. The number of rotatable bonds is 3. The molecular formula is C6H8N2O. The average Bonchev–Trinajstić information content (AvgIpc) is 1.88. The Morgan fingerprint density at radius 1 is 1.67 bits per heavy atom. The van der Waals surface area contributed by atoms with Crippen LogP contribution in [0.3, 0.4) is 0 Å². The van der Waals surface area contributed by atoms with Crippen molar-refractivity contribution in [3.63, 3.8) is 0 Å². The van der Waals surface area contributed by atoms with Crippen LogP contribution >= 0.6 is 0 Å².